The second-order valence-corrected chi connectivity index (χ2v) is 4.00. The highest BCUT2D eigenvalue weighted by atomic mass is 16.7. The number of ether oxygens (including phenoxy) is 3. The van der Waals surface area contributed by atoms with Gasteiger partial charge in [0.2, 0.25) is 6.79 Å². The largest absolute Gasteiger partial charge is 0.454 e. The van der Waals surface area contributed by atoms with Crippen LogP contribution in [0.2, 0.25) is 0 Å². The zero-order valence-electron chi connectivity index (χ0n) is 8.97. The van der Waals surface area contributed by atoms with Crippen LogP contribution in [0.3, 0.4) is 0 Å². The molecule has 1 fully saturated rings. The summed E-state index contributed by atoms with van der Waals surface area (Å²) in [5, 5.41) is 0. The van der Waals surface area contributed by atoms with Crippen LogP contribution < -0.4 is 9.47 Å². The summed E-state index contributed by atoms with van der Waals surface area (Å²) in [6.07, 6.45) is 0.752. The van der Waals surface area contributed by atoms with Gasteiger partial charge in [0, 0.05) is 6.42 Å². The van der Waals surface area contributed by atoms with Crippen molar-refractivity contribution in [3.63, 3.8) is 0 Å². The summed E-state index contributed by atoms with van der Waals surface area (Å²) in [6.45, 7) is 0.201. The smallest absolute Gasteiger partial charge is 0.321 e. The zero-order chi connectivity index (χ0) is 11.8. The average Bonchev–Trinajstić information content (AvgIpc) is 2.75. The highest BCUT2D eigenvalue weighted by molar-refractivity contribution is 5.92. The van der Waals surface area contributed by atoms with Crippen LogP contribution >= 0.6 is 0 Å². The van der Waals surface area contributed by atoms with Crippen LogP contribution in [0.1, 0.15) is 24.3 Å². The highest BCUT2D eigenvalue weighted by Crippen LogP contribution is 2.36. The third-order valence-electron chi connectivity index (χ3n) is 2.94. The molecule has 0 saturated carbocycles. The van der Waals surface area contributed by atoms with Crippen molar-refractivity contribution < 1.29 is 23.8 Å². The standard InChI is InChI=1S/C12H10O5/c13-11-4-2-8(12(14)17-11)7-1-3-9-10(5-7)16-6-15-9/h1,3,5,8H,2,4,6H2. The van der Waals surface area contributed by atoms with E-state index in [0.717, 1.165) is 5.56 Å². The van der Waals surface area contributed by atoms with Gasteiger partial charge in [0.15, 0.2) is 11.5 Å². The first-order valence-corrected chi connectivity index (χ1v) is 5.38. The van der Waals surface area contributed by atoms with Crippen molar-refractivity contribution in [1.82, 2.24) is 0 Å². The van der Waals surface area contributed by atoms with Gasteiger partial charge in [-0.1, -0.05) is 6.07 Å². The van der Waals surface area contributed by atoms with Crippen molar-refractivity contribution in [2.45, 2.75) is 18.8 Å². The minimum atomic E-state index is -0.486. The molecule has 0 aliphatic carbocycles. The molecule has 88 valence electrons. The zero-order valence-corrected chi connectivity index (χ0v) is 8.97. The first kappa shape index (κ1) is 10.1. The fraction of sp³-hybridized carbons (Fsp3) is 0.333. The van der Waals surface area contributed by atoms with Crippen LogP contribution in [0.25, 0.3) is 0 Å². The van der Waals surface area contributed by atoms with Crippen LogP contribution in [-0.4, -0.2) is 18.7 Å². The molecule has 5 nitrogen and oxygen atoms in total. The molecule has 3 rings (SSSR count). The summed E-state index contributed by atoms with van der Waals surface area (Å²) >= 11 is 0. The Balaban J connectivity index is 1.89. The number of esters is 2. The van der Waals surface area contributed by atoms with Crippen molar-refractivity contribution in [1.29, 1.82) is 0 Å². The maximum atomic E-state index is 11.6. The number of rotatable bonds is 1. The SMILES string of the molecule is O=C1CCC(c2ccc3c(c2)OCO3)C(=O)O1. The third kappa shape index (κ3) is 1.73. The number of fused-ring (bicyclic) bond motifs is 1. The predicted molar refractivity (Wildman–Crippen MR) is 55.6 cm³/mol. The first-order chi connectivity index (χ1) is 8.24. The third-order valence-corrected chi connectivity index (χ3v) is 2.94. The lowest BCUT2D eigenvalue weighted by molar-refractivity contribution is -0.164. The molecule has 1 aromatic carbocycles. The Hall–Kier alpha value is -2.04. The Morgan fingerprint density at radius 2 is 1.94 bits per heavy atom. The number of cyclic esters (lactones) is 2. The monoisotopic (exact) mass is 234 g/mol. The lowest BCUT2D eigenvalue weighted by atomic mass is 9.92. The number of hydrogen-bond acceptors (Lipinski definition) is 5. The Labute approximate surface area is 97.3 Å². The normalized spacial score (nSPS) is 22.5. The molecular formula is C12H10O5. The molecule has 1 saturated heterocycles. The van der Waals surface area contributed by atoms with Gasteiger partial charge < -0.3 is 14.2 Å². The molecule has 1 atom stereocenters. The second kappa shape index (κ2) is 3.76. The molecule has 1 unspecified atom stereocenters. The lowest BCUT2D eigenvalue weighted by Gasteiger charge is -2.19. The van der Waals surface area contributed by atoms with E-state index in [-0.39, 0.29) is 19.1 Å². The molecule has 2 aliphatic heterocycles. The van der Waals surface area contributed by atoms with E-state index < -0.39 is 11.9 Å². The van der Waals surface area contributed by atoms with E-state index >= 15 is 0 Å². The summed E-state index contributed by atoms with van der Waals surface area (Å²) in [5.41, 5.74) is 0.798. The van der Waals surface area contributed by atoms with Crippen molar-refractivity contribution in [2.24, 2.45) is 0 Å². The number of benzene rings is 1. The molecule has 2 aliphatic rings. The molecule has 17 heavy (non-hydrogen) atoms. The van der Waals surface area contributed by atoms with E-state index in [1.165, 1.54) is 0 Å². The minimum absolute atomic E-state index is 0.201. The summed E-state index contributed by atoms with van der Waals surface area (Å²) in [7, 11) is 0. The van der Waals surface area contributed by atoms with Crippen molar-refractivity contribution in [3.8, 4) is 11.5 Å². The van der Waals surface area contributed by atoms with Gasteiger partial charge in [-0.05, 0) is 24.1 Å². The maximum absolute atomic E-state index is 11.6. The summed E-state index contributed by atoms with van der Waals surface area (Å²) in [5.74, 6) is -0.0180. The highest BCUT2D eigenvalue weighted by Gasteiger charge is 2.31. The van der Waals surface area contributed by atoms with Gasteiger partial charge in [-0.2, -0.15) is 0 Å². The molecule has 0 amide bonds. The summed E-state index contributed by atoms with van der Waals surface area (Å²) in [4.78, 5) is 22.5. The number of carbonyl (C=O) groups excluding carboxylic acids is 2. The van der Waals surface area contributed by atoms with Crippen LogP contribution in [0.15, 0.2) is 18.2 Å². The van der Waals surface area contributed by atoms with E-state index in [1.54, 1.807) is 18.2 Å². The van der Waals surface area contributed by atoms with Crippen LogP contribution in [0.5, 0.6) is 11.5 Å². The molecule has 0 aromatic heterocycles. The Morgan fingerprint density at radius 1 is 1.12 bits per heavy atom. The van der Waals surface area contributed by atoms with Gasteiger partial charge in [-0.25, -0.2) is 0 Å². The van der Waals surface area contributed by atoms with Crippen LogP contribution in [-0.2, 0) is 14.3 Å². The second-order valence-electron chi connectivity index (χ2n) is 4.00. The first-order valence-electron chi connectivity index (χ1n) is 5.38. The molecule has 0 N–H and O–H groups in total. The Bertz CT molecular complexity index is 494. The molecule has 5 heteroatoms. The molecule has 1 aromatic rings. The van der Waals surface area contributed by atoms with E-state index in [2.05, 4.69) is 4.74 Å². The van der Waals surface area contributed by atoms with E-state index in [0.29, 0.717) is 17.9 Å². The number of carbonyl (C=O) groups is 2. The van der Waals surface area contributed by atoms with Gasteiger partial charge in [-0.3, -0.25) is 9.59 Å². The van der Waals surface area contributed by atoms with Crippen LogP contribution in [0, 0.1) is 0 Å². The quantitative estimate of drug-likeness (QED) is 0.542. The average molecular weight is 234 g/mol. The maximum Gasteiger partial charge on any atom is 0.321 e. The molecule has 0 bridgehead atoms. The topological polar surface area (TPSA) is 61.8 Å². The molecule has 0 spiro atoms. The van der Waals surface area contributed by atoms with E-state index in [9.17, 15) is 9.59 Å². The molecular weight excluding hydrogens is 224 g/mol. The van der Waals surface area contributed by atoms with Crippen LogP contribution in [0.4, 0.5) is 0 Å². The predicted octanol–water partition coefficient (Wildman–Crippen LogP) is 1.36. The molecule has 2 heterocycles. The van der Waals surface area contributed by atoms with Crippen molar-refractivity contribution in [3.05, 3.63) is 23.8 Å². The van der Waals surface area contributed by atoms with Gasteiger partial charge in [0.25, 0.3) is 0 Å². The van der Waals surface area contributed by atoms with Gasteiger partial charge >= 0.3 is 11.9 Å². The number of hydrogen-bond donors (Lipinski definition) is 0. The Morgan fingerprint density at radius 3 is 2.76 bits per heavy atom. The van der Waals surface area contributed by atoms with Gasteiger partial charge in [0.1, 0.15) is 0 Å². The summed E-state index contributed by atoms with van der Waals surface area (Å²) in [6, 6.07) is 5.33. The summed E-state index contributed by atoms with van der Waals surface area (Å²) < 4.78 is 15.1. The van der Waals surface area contributed by atoms with Crippen molar-refractivity contribution in [2.75, 3.05) is 6.79 Å². The minimum Gasteiger partial charge on any atom is -0.454 e. The fourth-order valence-corrected chi connectivity index (χ4v) is 2.05. The van der Waals surface area contributed by atoms with Crippen molar-refractivity contribution >= 4 is 11.9 Å². The van der Waals surface area contributed by atoms with E-state index in [1.807, 2.05) is 0 Å². The Kier molecular flexibility index (Phi) is 2.24. The lowest BCUT2D eigenvalue weighted by Crippen LogP contribution is -2.26. The van der Waals surface area contributed by atoms with Gasteiger partial charge in [-0.15, -0.1) is 0 Å². The fourth-order valence-electron chi connectivity index (χ4n) is 2.05. The van der Waals surface area contributed by atoms with Gasteiger partial charge in [0.05, 0.1) is 5.92 Å². The van der Waals surface area contributed by atoms with E-state index in [4.69, 9.17) is 9.47 Å². The molecule has 0 radical (unpaired) electrons.